The second-order valence-corrected chi connectivity index (χ2v) is 12.0. The van der Waals surface area contributed by atoms with Gasteiger partial charge in [-0.2, -0.15) is 0 Å². The van der Waals surface area contributed by atoms with Crippen LogP contribution in [0.2, 0.25) is 0 Å². The van der Waals surface area contributed by atoms with E-state index >= 15 is 0 Å². The molecule has 1 aromatic rings. The van der Waals surface area contributed by atoms with E-state index in [-0.39, 0.29) is 37.4 Å². The van der Waals surface area contributed by atoms with E-state index in [1.54, 1.807) is 24.0 Å². The predicted molar refractivity (Wildman–Crippen MR) is 162 cm³/mol. The molecule has 234 valence electrons. The number of benzene rings is 1. The Morgan fingerprint density at radius 1 is 1.28 bits per heavy atom. The summed E-state index contributed by atoms with van der Waals surface area (Å²) in [6.07, 6.45) is 4.28. The minimum absolute atomic E-state index is 0.131. The molecule has 3 amide bonds. The van der Waals surface area contributed by atoms with Gasteiger partial charge in [-0.05, 0) is 63.6 Å². The molecule has 3 fully saturated rings. The summed E-state index contributed by atoms with van der Waals surface area (Å²) in [5, 5.41) is 13.1. The van der Waals surface area contributed by atoms with Gasteiger partial charge in [0, 0.05) is 18.7 Å². The van der Waals surface area contributed by atoms with E-state index in [1.807, 2.05) is 39.0 Å². The number of allylic oxidation sites excluding steroid dienone is 1. The lowest BCUT2D eigenvalue weighted by Gasteiger charge is -2.39. The van der Waals surface area contributed by atoms with Gasteiger partial charge < -0.3 is 29.7 Å². The van der Waals surface area contributed by atoms with E-state index in [1.165, 1.54) is 4.90 Å². The highest BCUT2D eigenvalue weighted by molar-refractivity contribution is 6.05. The molecule has 4 rings (SSSR count). The number of hydrogen-bond donors (Lipinski definition) is 2. The van der Waals surface area contributed by atoms with Crippen molar-refractivity contribution in [2.24, 2.45) is 11.8 Å². The van der Waals surface area contributed by atoms with Gasteiger partial charge in [0.2, 0.25) is 11.8 Å². The fraction of sp³-hybridized carbons (Fsp3) is 0.576. The number of hydrogen-bond acceptors (Lipinski definition) is 7. The molecule has 2 N–H and O–H groups in total. The van der Waals surface area contributed by atoms with E-state index < -0.39 is 47.7 Å². The van der Waals surface area contributed by atoms with Crippen molar-refractivity contribution in [1.82, 2.24) is 10.2 Å². The Morgan fingerprint density at radius 2 is 2.02 bits per heavy atom. The van der Waals surface area contributed by atoms with Gasteiger partial charge in [0.15, 0.2) is 0 Å². The summed E-state index contributed by atoms with van der Waals surface area (Å²) in [5.41, 5.74) is 1.35. The van der Waals surface area contributed by atoms with Crippen LogP contribution in [0.1, 0.15) is 57.1 Å². The fourth-order valence-corrected chi connectivity index (χ4v) is 6.94. The molecule has 0 unspecified atom stereocenters. The SMILES string of the molecule is C=CCCC(=O)NC[C@H](C)OC(=O)[C@@H]1[C@@H]2CC[C@]3(O2)[C@H](C(=O)N(CC=C)c2cc(C)ccc2C)N([C@@H](CC)CO)C(=O)[C@@H]13. The number of ether oxygens (including phenoxy) is 2. The molecule has 0 radical (unpaired) electrons. The van der Waals surface area contributed by atoms with Crippen LogP contribution in [0.4, 0.5) is 5.69 Å². The number of aryl methyl sites for hydroxylation is 2. The first-order chi connectivity index (χ1) is 20.5. The van der Waals surface area contributed by atoms with Gasteiger partial charge in [0.1, 0.15) is 17.7 Å². The van der Waals surface area contributed by atoms with E-state index in [4.69, 9.17) is 9.47 Å². The second kappa shape index (κ2) is 13.4. The van der Waals surface area contributed by atoms with E-state index in [0.717, 1.165) is 11.1 Å². The molecule has 3 heterocycles. The normalized spacial score (nSPS) is 26.9. The molecular weight excluding hydrogens is 550 g/mol. The van der Waals surface area contributed by atoms with E-state index in [9.17, 15) is 24.3 Å². The number of fused-ring (bicyclic) bond motifs is 1. The van der Waals surface area contributed by atoms with Gasteiger partial charge in [0.05, 0.1) is 37.1 Å². The van der Waals surface area contributed by atoms with E-state index in [2.05, 4.69) is 18.5 Å². The first kappa shape index (κ1) is 32.4. The molecule has 43 heavy (non-hydrogen) atoms. The van der Waals surface area contributed by atoms with Crippen LogP contribution in [0.25, 0.3) is 0 Å². The highest BCUT2D eigenvalue weighted by atomic mass is 16.6. The molecule has 0 aromatic heterocycles. The largest absolute Gasteiger partial charge is 0.460 e. The third-order valence-corrected chi connectivity index (χ3v) is 9.03. The Bertz CT molecular complexity index is 1260. The zero-order valence-electron chi connectivity index (χ0n) is 25.7. The molecule has 2 bridgehead atoms. The van der Waals surface area contributed by atoms with Crippen molar-refractivity contribution in [2.75, 3.05) is 24.6 Å². The van der Waals surface area contributed by atoms with Crippen LogP contribution >= 0.6 is 0 Å². The number of aliphatic hydroxyl groups is 1. The first-order valence-corrected chi connectivity index (χ1v) is 15.2. The monoisotopic (exact) mass is 595 g/mol. The standard InChI is InChI=1S/C33H45N3O7/c1-7-10-11-26(38)34-18-22(6)42-32(41)27-25-14-15-33(43-25)28(27)30(39)36(23(9-3)19-37)29(33)31(40)35(16-8-2)24-17-20(4)12-13-21(24)5/h7-8,12-13,17,22-23,25,27-29,37H,1-2,9-11,14-16,18-19H2,3-6H3,(H,34,38)/t22-,23-,25-,27+,28+,29-,33+/m0/s1. The summed E-state index contributed by atoms with van der Waals surface area (Å²) in [5.74, 6) is -3.29. The van der Waals surface area contributed by atoms with Gasteiger partial charge in [-0.15, -0.1) is 13.2 Å². The highest BCUT2D eigenvalue weighted by Gasteiger charge is 2.75. The number of carbonyl (C=O) groups is 4. The number of likely N-dealkylation sites (tertiary alicyclic amines) is 1. The average molecular weight is 596 g/mol. The van der Waals surface area contributed by atoms with Crippen LogP contribution in [0.3, 0.4) is 0 Å². The van der Waals surface area contributed by atoms with Gasteiger partial charge in [0.25, 0.3) is 5.91 Å². The third-order valence-electron chi connectivity index (χ3n) is 9.03. The second-order valence-electron chi connectivity index (χ2n) is 12.0. The van der Waals surface area contributed by atoms with Crippen LogP contribution < -0.4 is 10.2 Å². The summed E-state index contributed by atoms with van der Waals surface area (Å²) in [4.78, 5) is 57.7. The molecule has 0 aliphatic carbocycles. The number of anilines is 1. The molecule has 1 aromatic carbocycles. The third kappa shape index (κ3) is 5.99. The molecule has 7 atom stereocenters. The maximum absolute atomic E-state index is 14.7. The van der Waals surface area contributed by atoms with Crippen LogP contribution in [0.15, 0.2) is 43.5 Å². The molecule has 3 saturated heterocycles. The number of nitrogens with one attached hydrogen (secondary N) is 1. The zero-order chi connectivity index (χ0) is 31.5. The summed E-state index contributed by atoms with van der Waals surface area (Å²) >= 11 is 0. The maximum atomic E-state index is 14.7. The lowest BCUT2D eigenvalue weighted by Crippen LogP contribution is -2.59. The van der Waals surface area contributed by atoms with Crippen molar-refractivity contribution in [3.8, 4) is 0 Å². The average Bonchev–Trinajstić information content (AvgIpc) is 3.63. The number of carbonyl (C=O) groups excluding carboxylic acids is 4. The smallest absolute Gasteiger partial charge is 0.312 e. The van der Waals surface area contributed by atoms with Gasteiger partial charge >= 0.3 is 5.97 Å². The Morgan fingerprint density at radius 3 is 2.67 bits per heavy atom. The topological polar surface area (TPSA) is 125 Å². The first-order valence-electron chi connectivity index (χ1n) is 15.2. The lowest BCUT2D eigenvalue weighted by molar-refractivity contribution is -0.159. The number of esters is 1. The number of rotatable bonds is 14. The van der Waals surface area contributed by atoms with Crippen molar-refractivity contribution < 1.29 is 33.8 Å². The van der Waals surface area contributed by atoms with Crippen molar-refractivity contribution in [3.63, 3.8) is 0 Å². The van der Waals surface area contributed by atoms with Crippen LogP contribution in [-0.2, 0) is 28.7 Å². The summed E-state index contributed by atoms with van der Waals surface area (Å²) in [6.45, 7) is 14.9. The Labute approximate surface area is 254 Å². The number of aliphatic hydroxyl groups excluding tert-OH is 1. The Balaban J connectivity index is 1.66. The van der Waals surface area contributed by atoms with Gasteiger partial charge in [-0.3, -0.25) is 19.2 Å². The number of nitrogens with zero attached hydrogens (tertiary/aromatic N) is 2. The Hall–Kier alpha value is -3.50. The van der Waals surface area contributed by atoms with Crippen molar-refractivity contribution in [1.29, 1.82) is 0 Å². The van der Waals surface area contributed by atoms with Crippen molar-refractivity contribution in [2.45, 2.75) is 89.7 Å². The van der Waals surface area contributed by atoms with Gasteiger partial charge in [-0.25, -0.2) is 0 Å². The van der Waals surface area contributed by atoms with Gasteiger partial charge in [-0.1, -0.05) is 31.2 Å². The number of amides is 3. The highest BCUT2D eigenvalue weighted by Crippen LogP contribution is 2.59. The summed E-state index contributed by atoms with van der Waals surface area (Å²) in [6, 6.07) is 4.18. The molecule has 3 aliphatic rings. The van der Waals surface area contributed by atoms with Crippen molar-refractivity contribution >= 4 is 29.4 Å². The molecule has 1 spiro atoms. The maximum Gasteiger partial charge on any atom is 0.312 e. The quantitative estimate of drug-likeness (QED) is 0.250. The molecule has 10 nitrogen and oxygen atoms in total. The summed E-state index contributed by atoms with van der Waals surface area (Å²) < 4.78 is 12.3. The molecule has 10 heteroatoms. The lowest BCUT2D eigenvalue weighted by atomic mass is 9.70. The minimum Gasteiger partial charge on any atom is -0.460 e. The van der Waals surface area contributed by atoms with Crippen LogP contribution in [0, 0.1) is 25.7 Å². The van der Waals surface area contributed by atoms with Crippen LogP contribution in [-0.4, -0.2) is 83.3 Å². The fourth-order valence-electron chi connectivity index (χ4n) is 6.94. The Kier molecular flexibility index (Phi) is 10.1. The van der Waals surface area contributed by atoms with Crippen LogP contribution in [0.5, 0.6) is 0 Å². The molecule has 0 saturated carbocycles. The summed E-state index contributed by atoms with van der Waals surface area (Å²) in [7, 11) is 0. The molecular formula is C33H45N3O7. The predicted octanol–water partition coefficient (Wildman–Crippen LogP) is 2.98. The van der Waals surface area contributed by atoms with E-state index in [0.29, 0.717) is 37.8 Å². The minimum atomic E-state index is -1.23. The molecule has 3 aliphatic heterocycles. The zero-order valence-corrected chi connectivity index (χ0v) is 25.7. The van der Waals surface area contributed by atoms with Crippen molar-refractivity contribution in [3.05, 3.63) is 54.6 Å².